The summed E-state index contributed by atoms with van der Waals surface area (Å²) in [6.45, 7) is 0. The predicted octanol–water partition coefficient (Wildman–Crippen LogP) is 0.0898. The van der Waals surface area contributed by atoms with E-state index in [1.807, 2.05) is 0 Å². The van der Waals surface area contributed by atoms with Gasteiger partial charge in [-0.1, -0.05) is 0 Å². The molecule has 0 aromatic heterocycles. The smallest absolute Gasteiger partial charge is 0.221 e. The molecule has 0 aromatic carbocycles. The molecule has 13 heavy (non-hydrogen) atoms. The molecule has 1 aliphatic carbocycles. The van der Waals surface area contributed by atoms with Crippen LogP contribution in [0.15, 0.2) is 0 Å². The van der Waals surface area contributed by atoms with E-state index in [0.717, 1.165) is 25.5 Å². The Kier molecular flexibility index (Phi) is 3.30. The van der Waals surface area contributed by atoms with Crippen LogP contribution in [0.3, 0.4) is 0 Å². The van der Waals surface area contributed by atoms with Gasteiger partial charge in [-0.05, 0) is 19.3 Å². The minimum atomic E-state index is -3.00. The highest BCUT2D eigenvalue weighted by molar-refractivity contribution is 7.90. The van der Waals surface area contributed by atoms with Gasteiger partial charge < -0.3 is 5.32 Å². The molecule has 1 N–H and O–H groups in total. The second kappa shape index (κ2) is 4.09. The zero-order valence-electron chi connectivity index (χ0n) is 7.75. The molecule has 0 unspecified atom stereocenters. The van der Waals surface area contributed by atoms with Crippen LogP contribution in [-0.2, 0) is 14.6 Å². The van der Waals surface area contributed by atoms with Gasteiger partial charge in [0.1, 0.15) is 9.84 Å². The molecule has 1 saturated carbocycles. The highest BCUT2D eigenvalue weighted by Gasteiger charge is 2.19. The summed E-state index contributed by atoms with van der Waals surface area (Å²) in [5.74, 6) is -0.193. The number of rotatable bonds is 4. The van der Waals surface area contributed by atoms with E-state index in [1.54, 1.807) is 0 Å². The van der Waals surface area contributed by atoms with Crippen LogP contribution in [0.5, 0.6) is 0 Å². The maximum Gasteiger partial charge on any atom is 0.221 e. The maximum atomic E-state index is 11.1. The van der Waals surface area contributed by atoms with Gasteiger partial charge in [-0.25, -0.2) is 8.42 Å². The van der Waals surface area contributed by atoms with Crippen LogP contribution in [0.2, 0.25) is 0 Å². The van der Waals surface area contributed by atoms with Gasteiger partial charge in [0.05, 0.1) is 5.75 Å². The van der Waals surface area contributed by atoms with E-state index in [0.29, 0.717) is 6.04 Å². The maximum absolute atomic E-state index is 11.1. The van der Waals surface area contributed by atoms with Gasteiger partial charge in [0, 0.05) is 18.7 Å². The molecule has 1 amide bonds. The SMILES string of the molecule is CS(=O)(=O)CCC(=O)NC1CCC1. The molecule has 0 saturated heterocycles. The Morgan fingerprint density at radius 1 is 1.46 bits per heavy atom. The van der Waals surface area contributed by atoms with Crippen LogP contribution in [0, 0.1) is 0 Å². The van der Waals surface area contributed by atoms with Gasteiger partial charge >= 0.3 is 0 Å². The van der Waals surface area contributed by atoms with Crippen molar-refractivity contribution in [2.45, 2.75) is 31.7 Å². The molecule has 76 valence electrons. The van der Waals surface area contributed by atoms with Crippen LogP contribution in [-0.4, -0.2) is 32.4 Å². The Morgan fingerprint density at radius 3 is 2.46 bits per heavy atom. The van der Waals surface area contributed by atoms with E-state index in [2.05, 4.69) is 5.32 Å². The topological polar surface area (TPSA) is 63.2 Å². The second-order valence-corrected chi connectivity index (χ2v) is 5.83. The largest absolute Gasteiger partial charge is 0.353 e. The first-order chi connectivity index (χ1) is 5.97. The third kappa shape index (κ3) is 4.26. The number of sulfone groups is 1. The molecule has 1 aliphatic rings. The summed E-state index contributed by atoms with van der Waals surface area (Å²) < 4.78 is 21.5. The molecule has 0 atom stereocenters. The second-order valence-electron chi connectivity index (χ2n) is 3.58. The van der Waals surface area contributed by atoms with Gasteiger partial charge in [0.15, 0.2) is 0 Å². The summed E-state index contributed by atoms with van der Waals surface area (Å²) in [4.78, 5) is 11.1. The van der Waals surface area contributed by atoms with Crippen molar-refractivity contribution >= 4 is 15.7 Å². The zero-order chi connectivity index (χ0) is 9.90. The van der Waals surface area contributed by atoms with Crippen LogP contribution < -0.4 is 5.32 Å². The Morgan fingerprint density at radius 2 is 2.08 bits per heavy atom. The fourth-order valence-corrected chi connectivity index (χ4v) is 1.69. The Bertz CT molecular complexity index is 280. The van der Waals surface area contributed by atoms with Crippen molar-refractivity contribution in [2.24, 2.45) is 0 Å². The molecular formula is C8H15NO3S. The summed E-state index contributed by atoms with van der Waals surface area (Å²) in [6.07, 6.45) is 4.46. The summed E-state index contributed by atoms with van der Waals surface area (Å²) in [5.41, 5.74) is 0. The lowest BCUT2D eigenvalue weighted by molar-refractivity contribution is -0.121. The third-order valence-corrected chi connectivity index (χ3v) is 3.12. The molecule has 4 nitrogen and oxygen atoms in total. The van der Waals surface area contributed by atoms with Crippen molar-refractivity contribution in [3.8, 4) is 0 Å². The molecule has 0 spiro atoms. The summed E-state index contributed by atoms with van der Waals surface area (Å²) in [6, 6.07) is 0.298. The van der Waals surface area contributed by atoms with E-state index in [9.17, 15) is 13.2 Å². The van der Waals surface area contributed by atoms with E-state index in [-0.39, 0.29) is 18.1 Å². The van der Waals surface area contributed by atoms with Crippen LogP contribution >= 0.6 is 0 Å². The normalized spacial score (nSPS) is 17.9. The highest BCUT2D eigenvalue weighted by Crippen LogP contribution is 2.17. The molecule has 0 bridgehead atoms. The van der Waals surface area contributed by atoms with E-state index >= 15 is 0 Å². The quantitative estimate of drug-likeness (QED) is 0.707. The molecule has 0 aliphatic heterocycles. The lowest BCUT2D eigenvalue weighted by Gasteiger charge is -2.26. The summed E-state index contributed by atoms with van der Waals surface area (Å²) in [7, 11) is -3.00. The minimum absolute atomic E-state index is 0.0500. The first kappa shape index (κ1) is 10.5. The first-order valence-electron chi connectivity index (χ1n) is 4.44. The first-order valence-corrected chi connectivity index (χ1v) is 6.50. The molecule has 5 heteroatoms. The number of nitrogens with one attached hydrogen (secondary N) is 1. The number of hydrogen-bond donors (Lipinski definition) is 1. The molecule has 1 rings (SSSR count). The van der Waals surface area contributed by atoms with Crippen LogP contribution in [0.1, 0.15) is 25.7 Å². The van der Waals surface area contributed by atoms with Gasteiger partial charge in [0.2, 0.25) is 5.91 Å². The number of carbonyl (C=O) groups excluding carboxylic acids is 1. The predicted molar refractivity (Wildman–Crippen MR) is 50.1 cm³/mol. The standard InChI is InChI=1S/C8H15NO3S/c1-13(11,12)6-5-8(10)9-7-3-2-4-7/h7H,2-6H2,1H3,(H,9,10). The van der Waals surface area contributed by atoms with Gasteiger partial charge in [0.25, 0.3) is 0 Å². The van der Waals surface area contributed by atoms with Crippen LogP contribution in [0.4, 0.5) is 0 Å². The minimum Gasteiger partial charge on any atom is -0.353 e. The molecule has 0 radical (unpaired) electrons. The Labute approximate surface area is 78.6 Å². The van der Waals surface area contributed by atoms with E-state index in [1.165, 1.54) is 0 Å². The van der Waals surface area contributed by atoms with Crippen molar-refractivity contribution in [1.82, 2.24) is 5.32 Å². The summed E-state index contributed by atoms with van der Waals surface area (Å²) >= 11 is 0. The summed E-state index contributed by atoms with van der Waals surface area (Å²) in [5, 5.41) is 2.79. The fraction of sp³-hybridized carbons (Fsp3) is 0.875. The number of amides is 1. The molecular weight excluding hydrogens is 190 g/mol. The van der Waals surface area contributed by atoms with Crippen molar-refractivity contribution in [1.29, 1.82) is 0 Å². The fourth-order valence-electron chi connectivity index (χ4n) is 1.13. The molecule has 0 heterocycles. The number of hydrogen-bond acceptors (Lipinski definition) is 3. The van der Waals surface area contributed by atoms with Crippen molar-refractivity contribution in [2.75, 3.05) is 12.0 Å². The van der Waals surface area contributed by atoms with Gasteiger partial charge in [-0.15, -0.1) is 0 Å². The lowest BCUT2D eigenvalue weighted by atomic mass is 9.93. The van der Waals surface area contributed by atoms with E-state index < -0.39 is 9.84 Å². The van der Waals surface area contributed by atoms with Crippen molar-refractivity contribution in [3.05, 3.63) is 0 Å². The van der Waals surface area contributed by atoms with Gasteiger partial charge in [-0.2, -0.15) is 0 Å². The monoisotopic (exact) mass is 205 g/mol. The number of carbonyl (C=O) groups is 1. The van der Waals surface area contributed by atoms with Gasteiger partial charge in [-0.3, -0.25) is 4.79 Å². The van der Waals surface area contributed by atoms with Crippen molar-refractivity contribution in [3.63, 3.8) is 0 Å². The molecule has 0 aromatic rings. The Hall–Kier alpha value is -0.580. The van der Waals surface area contributed by atoms with Crippen LogP contribution in [0.25, 0.3) is 0 Å². The van der Waals surface area contributed by atoms with E-state index in [4.69, 9.17) is 0 Å². The Balaban J connectivity index is 2.17. The van der Waals surface area contributed by atoms with Crippen molar-refractivity contribution < 1.29 is 13.2 Å². The zero-order valence-corrected chi connectivity index (χ0v) is 8.56. The average Bonchev–Trinajstić information content (AvgIpc) is 1.91. The average molecular weight is 205 g/mol. The lowest BCUT2D eigenvalue weighted by Crippen LogP contribution is -2.39. The third-order valence-electron chi connectivity index (χ3n) is 2.17. The highest BCUT2D eigenvalue weighted by atomic mass is 32.2. The molecule has 1 fully saturated rings.